The minimum atomic E-state index is -0.279. The van der Waals surface area contributed by atoms with Gasteiger partial charge >= 0.3 is 0 Å². The number of allylic oxidation sites excluding steroid dienone is 1. The molecule has 1 amide bonds. The molecule has 0 unspecified atom stereocenters. The quantitative estimate of drug-likeness (QED) is 0.862. The topological polar surface area (TPSA) is 42.0 Å². The van der Waals surface area contributed by atoms with Crippen molar-refractivity contribution in [3.05, 3.63) is 46.6 Å². The number of halogens is 1. The molecule has 5 heteroatoms. The summed E-state index contributed by atoms with van der Waals surface area (Å²) in [6.07, 6.45) is 1.52. The molecule has 2 aromatic rings. The van der Waals surface area contributed by atoms with Crippen molar-refractivity contribution < 1.29 is 9.18 Å². The lowest BCUT2D eigenvalue weighted by Crippen LogP contribution is -2.07. The fraction of sp³-hybridized carbons (Fsp3) is 0.200. The van der Waals surface area contributed by atoms with Gasteiger partial charge in [0.2, 0.25) is 5.91 Å². The Balaban J connectivity index is 2.24. The number of hydrogen-bond acceptors (Lipinski definition) is 3. The zero-order valence-corrected chi connectivity index (χ0v) is 12.3. The monoisotopic (exact) mass is 290 g/mol. The molecule has 1 heterocycles. The number of nitrogens with zero attached hydrogens (tertiary/aromatic N) is 1. The van der Waals surface area contributed by atoms with Gasteiger partial charge in [0.05, 0.1) is 5.69 Å². The van der Waals surface area contributed by atoms with Crippen molar-refractivity contribution in [1.82, 2.24) is 4.98 Å². The van der Waals surface area contributed by atoms with Crippen LogP contribution in [0.2, 0.25) is 0 Å². The van der Waals surface area contributed by atoms with E-state index >= 15 is 0 Å². The largest absolute Gasteiger partial charge is 0.298 e. The molecule has 0 radical (unpaired) electrons. The highest BCUT2D eigenvalue weighted by molar-refractivity contribution is 7.16. The Morgan fingerprint density at radius 2 is 1.95 bits per heavy atom. The summed E-state index contributed by atoms with van der Waals surface area (Å²) in [5.74, 6) is -0.469. The maximum atomic E-state index is 12.9. The maximum Gasteiger partial charge on any atom is 0.250 e. The van der Waals surface area contributed by atoms with E-state index in [1.165, 1.54) is 29.5 Å². The van der Waals surface area contributed by atoms with Crippen LogP contribution in [-0.2, 0) is 4.79 Å². The van der Waals surface area contributed by atoms with E-state index in [9.17, 15) is 9.18 Å². The number of rotatable bonds is 3. The van der Waals surface area contributed by atoms with Crippen LogP contribution < -0.4 is 5.32 Å². The Morgan fingerprint density at radius 3 is 2.55 bits per heavy atom. The summed E-state index contributed by atoms with van der Waals surface area (Å²) in [5, 5.41) is 3.28. The highest BCUT2D eigenvalue weighted by atomic mass is 32.1. The summed E-state index contributed by atoms with van der Waals surface area (Å²) in [6, 6.07) is 6.16. The van der Waals surface area contributed by atoms with Gasteiger partial charge in [0.15, 0.2) is 5.13 Å². The van der Waals surface area contributed by atoms with Gasteiger partial charge in [-0.3, -0.25) is 10.1 Å². The lowest BCUT2D eigenvalue weighted by Gasteiger charge is -1.98. The number of carbonyl (C=O) groups is 1. The normalized spacial score (nSPS) is 10.2. The SMILES string of the molecule is CC(C)=CC(=O)Nc1nc(-c2ccc(F)cc2)c(C)s1. The Kier molecular flexibility index (Phi) is 4.29. The van der Waals surface area contributed by atoms with Gasteiger partial charge in [-0.05, 0) is 45.0 Å². The summed E-state index contributed by atoms with van der Waals surface area (Å²) < 4.78 is 12.9. The molecule has 2 rings (SSSR count). The van der Waals surface area contributed by atoms with Crippen LogP contribution in [0.25, 0.3) is 11.3 Å². The lowest BCUT2D eigenvalue weighted by molar-refractivity contribution is -0.111. The second kappa shape index (κ2) is 5.96. The van der Waals surface area contributed by atoms with E-state index in [0.29, 0.717) is 5.13 Å². The maximum absolute atomic E-state index is 12.9. The van der Waals surface area contributed by atoms with Crippen molar-refractivity contribution >= 4 is 22.4 Å². The molecule has 0 spiro atoms. The molecule has 0 aliphatic rings. The summed E-state index contributed by atoms with van der Waals surface area (Å²) >= 11 is 1.40. The molecule has 1 aromatic heterocycles. The molecule has 0 saturated heterocycles. The molecule has 104 valence electrons. The van der Waals surface area contributed by atoms with Crippen LogP contribution in [0.5, 0.6) is 0 Å². The van der Waals surface area contributed by atoms with Crippen LogP contribution in [0.1, 0.15) is 18.7 Å². The van der Waals surface area contributed by atoms with Crippen molar-refractivity contribution in [2.24, 2.45) is 0 Å². The molecule has 1 N–H and O–H groups in total. The van der Waals surface area contributed by atoms with E-state index in [1.807, 2.05) is 20.8 Å². The van der Waals surface area contributed by atoms with Crippen LogP contribution in [0.15, 0.2) is 35.9 Å². The van der Waals surface area contributed by atoms with Crippen molar-refractivity contribution in [3.8, 4) is 11.3 Å². The Bertz CT molecular complexity index is 655. The van der Waals surface area contributed by atoms with Gasteiger partial charge < -0.3 is 0 Å². The molecular weight excluding hydrogens is 275 g/mol. The molecular formula is C15H15FN2OS. The Hall–Kier alpha value is -2.01. The second-order valence-corrected chi connectivity index (χ2v) is 5.84. The third-order valence-electron chi connectivity index (χ3n) is 2.56. The number of amides is 1. The van der Waals surface area contributed by atoms with Crippen molar-refractivity contribution in [2.75, 3.05) is 5.32 Å². The molecule has 0 fully saturated rings. The molecule has 3 nitrogen and oxygen atoms in total. The number of hydrogen-bond donors (Lipinski definition) is 1. The van der Waals surface area contributed by atoms with Crippen LogP contribution in [0, 0.1) is 12.7 Å². The molecule has 0 aliphatic carbocycles. The number of nitrogens with one attached hydrogen (secondary N) is 1. The van der Waals surface area contributed by atoms with Crippen LogP contribution in [0.4, 0.5) is 9.52 Å². The van der Waals surface area contributed by atoms with E-state index in [0.717, 1.165) is 21.7 Å². The fourth-order valence-electron chi connectivity index (χ4n) is 1.73. The van der Waals surface area contributed by atoms with Gasteiger partial charge in [0.25, 0.3) is 0 Å². The third kappa shape index (κ3) is 3.51. The number of aromatic nitrogens is 1. The molecule has 0 bridgehead atoms. The predicted octanol–water partition coefficient (Wildman–Crippen LogP) is 4.16. The molecule has 0 atom stereocenters. The minimum Gasteiger partial charge on any atom is -0.298 e. The summed E-state index contributed by atoms with van der Waals surface area (Å²) in [7, 11) is 0. The number of aryl methyl sites for hydroxylation is 1. The minimum absolute atomic E-state index is 0.190. The van der Waals surface area contributed by atoms with E-state index < -0.39 is 0 Å². The van der Waals surface area contributed by atoms with Gasteiger partial charge in [-0.15, -0.1) is 11.3 Å². The van der Waals surface area contributed by atoms with Crippen LogP contribution >= 0.6 is 11.3 Å². The Labute approximate surface area is 121 Å². The first-order valence-electron chi connectivity index (χ1n) is 6.15. The van der Waals surface area contributed by atoms with E-state index in [1.54, 1.807) is 12.1 Å². The fourth-order valence-corrected chi connectivity index (χ4v) is 2.57. The van der Waals surface area contributed by atoms with Gasteiger partial charge in [-0.1, -0.05) is 5.57 Å². The van der Waals surface area contributed by atoms with Crippen molar-refractivity contribution in [2.45, 2.75) is 20.8 Å². The number of anilines is 1. The van der Waals surface area contributed by atoms with Crippen molar-refractivity contribution in [1.29, 1.82) is 0 Å². The first-order chi connectivity index (χ1) is 9.45. The molecule has 0 saturated carbocycles. The summed E-state index contributed by atoms with van der Waals surface area (Å²) in [6.45, 7) is 5.64. The summed E-state index contributed by atoms with van der Waals surface area (Å²) in [4.78, 5) is 17.0. The van der Waals surface area contributed by atoms with Crippen molar-refractivity contribution in [3.63, 3.8) is 0 Å². The second-order valence-electron chi connectivity index (χ2n) is 4.64. The third-order valence-corrected chi connectivity index (χ3v) is 3.45. The van der Waals surface area contributed by atoms with E-state index in [4.69, 9.17) is 0 Å². The van der Waals surface area contributed by atoms with Crippen LogP contribution in [0.3, 0.4) is 0 Å². The van der Waals surface area contributed by atoms with Gasteiger partial charge in [0, 0.05) is 16.5 Å². The average molecular weight is 290 g/mol. The first-order valence-corrected chi connectivity index (χ1v) is 6.96. The highest BCUT2D eigenvalue weighted by Crippen LogP contribution is 2.30. The van der Waals surface area contributed by atoms with Gasteiger partial charge in [-0.25, -0.2) is 9.37 Å². The predicted molar refractivity (Wildman–Crippen MR) is 80.3 cm³/mol. The first kappa shape index (κ1) is 14.4. The number of carbonyl (C=O) groups excluding carboxylic acids is 1. The average Bonchev–Trinajstić information content (AvgIpc) is 2.70. The van der Waals surface area contributed by atoms with E-state index in [2.05, 4.69) is 10.3 Å². The Morgan fingerprint density at radius 1 is 1.30 bits per heavy atom. The summed E-state index contributed by atoms with van der Waals surface area (Å²) in [5.41, 5.74) is 2.53. The number of benzene rings is 1. The zero-order chi connectivity index (χ0) is 14.7. The van der Waals surface area contributed by atoms with Gasteiger partial charge in [0.1, 0.15) is 5.82 Å². The molecule has 1 aromatic carbocycles. The smallest absolute Gasteiger partial charge is 0.250 e. The highest BCUT2D eigenvalue weighted by Gasteiger charge is 2.11. The van der Waals surface area contributed by atoms with Gasteiger partial charge in [-0.2, -0.15) is 0 Å². The van der Waals surface area contributed by atoms with E-state index in [-0.39, 0.29) is 11.7 Å². The van der Waals surface area contributed by atoms with Crippen LogP contribution in [-0.4, -0.2) is 10.9 Å². The lowest BCUT2D eigenvalue weighted by atomic mass is 10.1. The zero-order valence-electron chi connectivity index (χ0n) is 11.5. The standard InChI is InChI=1S/C15H15FN2OS/c1-9(2)8-13(19)17-15-18-14(10(3)20-15)11-4-6-12(16)7-5-11/h4-8H,1-3H3,(H,17,18,19). The number of thiazole rings is 1. The molecule has 0 aliphatic heterocycles. The molecule has 20 heavy (non-hydrogen) atoms.